The third-order valence-corrected chi connectivity index (χ3v) is 6.91. The molecule has 9 heteroatoms. The lowest BCUT2D eigenvalue weighted by molar-refractivity contribution is 0.181. The first-order chi connectivity index (χ1) is 11.8. The van der Waals surface area contributed by atoms with Crippen LogP contribution in [0.1, 0.15) is 23.9 Å². The molecule has 0 amide bonds. The summed E-state index contributed by atoms with van der Waals surface area (Å²) >= 11 is 0. The fraction of sp³-hybridized carbons (Fsp3) is 0.625. The van der Waals surface area contributed by atoms with Gasteiger partial charge in [-0.05, 0) is 20.8 Å². The molecule has 1 saturated heterocycles. The van der Waals surface area contributed by atoms with E-state index in [1.54, 1.807) is 23.0 Å². The fourth-order valence-corrected chi connectivity index (χ4v) is 4.72. The lowest BCUT2D eigenvalue weighted by Gasteiger charge is -2.33. The summed E-state index contributed by atoms with van der Waals surface area (Å²) in [4.78, 5) is 2.59. The quantitative estimate of drug-likeness (QED) is 0.781. The molecular formula is C16H26N6O2S. The van der Waals surface area contributed by atoms with Gasteiger partial charge in [-0.1, -0.05) is 0 Å². The van der Waals surface area contributed by atoms with E-state index in [4.69, 9.17) is 0 Å². The van der Waals surface area contributed by atoms with Gasteiger partial charge in [-0.15, -0.1) is 0 Å². The van der Waals surface area contributed by atoms with Crippen LogP contribution in [0.25, 0.3) is 0 Å². The number of hydrogen-bond donors (Lipinski definition) is 0. The zero-order chi connectivity index (χ0) is 18.2. The molecule has 2 aromatic rings. The fourth-order valence-electron chi connectivity index (χ4n) is 3.12. The van der Waals surface area contributed by atoms with Crippen molar-refractivity contribution in [3.8, 4) is 0 Å². The Labute approximate surface area is 149 Å². The van der Waals surface area contributed by atoms with E-state index in [0.717, 1.165) is 31.9 Å². The third-order valence-electron chi connectivity index (χ3n) is 4.91. The predicted molar refractivity (Wildman–Crippen MR) is 94.6 cm³/mol. The maximum absolute atomic E-state index is 12.8. The molecular weight excluding hydrogens is 340 g/mol. The minimum absolute atomic E-state index is 0.309. The van der Waals surface area contributed by atoms with Crippen molar-refractivity contribution in [2.24, 2.45) is 7.05 Å². The molecule has 138 valence electrons. The molecule has 25 heavy (non-hydrogen) atoms. The highest BCUT2D eigenvalue weighted by Crippen LogP contribution is 2.21. The Bertz CT molecular complexity index is 846. The van der Waals surface area contributed by atoms with Crippen molar-refractivity contribution in [1.29, 1.82) is 0 Å². The van der Waals surface area contributed by atoms with Crippen LogP contribution in [0.15, 0.2) is 17.3 Å². The maximum atomic E-state index is 12.8. The molecule has 3 heterocycles. The van der Waals surface area contributed by atoms with E-state index in [2.05, 4.69) is 28.2 Å². The summed E-state index contributed by atoms with van der Waals surface area (Å²) in [6.07, 6.45) is 3.52. The van der Waals surface area contributed by atoms with Crippen LogP contribution in [-0.4, -0.2) is 63.4 Å². The second-order valence-electron chi connectivity index (χ2n) is 6.49. The van der Waals surface area contributed by atoms with Crippen LogP contribution in [0.3, 0.4) is 0 Å². The molecule has 1 aliphatic rings. The molecule has 0 aliphatic carbocycles. The molecule has 8 nitrogen and oxygen atoms in total. The zero-order valence-corrected chi connectivity index (χ0v) is 16.1. The first-order valence-corrected chi connectivity index (χ1v) is 10.0. The van der Waals surface area contributed by atoms with E-state index < -0.39 is 10.0 Å². The summed E-state index contributed by atoms with van der Waals surface area (Å²) in [5.41, 5.74) is 2.93. The second-order valence-corrected chi connectivity index (χ2v) is 8.40. The lowest BCUT2D eigenvalue weighted by Crippen LogP contribution is -2.48. The van der Waals surface area contributed by atoms with E-state index in [1.807, 2.05) is 11.6 Å². The molecule has 0 saturated carbocycles. The van der Waals surface area contributed by atoms with Crippen molar-refractivity contribution >= 4 is 10.0 Å². The second kappa shape index (κ2) is 6.89. The Morgan fingerprint density at radius 2 is 1.84 bits per heavy atom. The summed E-state index contributed by atoms with van der Waals surface area (Å²) in [5, 5.41) is 8.53. The summed E-state index contributed by atoms with van der Waals surface area (Å²) in [6.45, 7) is 9.97. The molecule has 0 N–H and O–H groups in total. The minimum Gasteiger partial charge on any atom is -0.296 e. The minimum atomic E-state index is -3.47. The molecule has 0 atom stereocenters. The van der Waals surface area contributed by atoms with Crippen molar-refractivity contribution in [2.75, 3.05) is 26.2 Å². The number of hydrogen-bond acceptors (Lipinski definition) is 5. The molecule has 2 aromatic heterocycles. The number of aromatic nitrogens is 4. The highest BCUT2D eigenvalue weighted by molar-refractivity contribution is 7.89. The molecule has 0 unspecified atom stereocenters. The Hall–Kier alpha value is -1.71. The van der Waals surface area contributed by atoms with Crippen molar-refractivity contribution in [1.82, 2.24) is 28.8 Å². The zero-order valence-electron chi connectivity index (χ0n) is 15.3. The maximum Gasteiger partial charge on any atom is 0.246 e. The number of rotatable bonds is 5. The van der Waals surface area contributed by atoms with Gasteiger partial charge in [0, 0.05) is 58.1 Å². The van der Waals surface area contributed by atoms with Gasteiger partial charge in [-0.3, -0.25) is 14.3 Å². The normalized spacial score (nSPS) is 17.3. The van der Waals surface area contributed by atoms with Crippen LogP contribution in [-0.2, 0) is 30.2 Å². The van der Waals surface area contributed by atoms with Crippen LogP contribution >= 0.6 is 0 Å². The Kier molecular flexibility index (Phi) is 4.99. The first kappa shape index (κ1) is 18.1. The van der Waals surface area contributed by atoms with E-state index >= 15 is 0 Å². The van der Waals surface area contributed by atoms with Crippen molar-refractivity contribution < 1.29 is 8.42 Å². The largest absolute Gasteiger partial charge is 0.296 e. The first-order valence-electron chi connectivity index (χ1n) is 8.57. The molecule has 0 aromatic carbocycles. The van der Waals surface area contributed by atoms with Crippen LogP contribution < -0.4 is 0 Å². The smallest absolute Gasteiger partial charge is 0.246 e. The average molecular weight is 366 g/mol. The van der Waals surface area contributed by atoms with Gasteiger partial charge in [0.15, 0.2) is 0 Å². The van der Waals surface area contributed by atoms with Gasteiger partial charge in [0.25, 0.3) is 0 Å². The summed E-state index contributed by atoms with van der Waals surface area (Å²) in [5.74, 6) is 0. The lowest BCUT2D eigenvalue weighted by atomic mass is 10.2. The van der Waals surface area contributed by atoms with Gasteiger partial charge in [-0.25, -0.2) is 8.42 Å². The van der Waals surface area contributed by atoms with Crippen LogP contribution in [0.5, 0.6) is 0 Å². The number of piperazine rings is 1. The molecule has 0 bridgehead atoms. The van der Waals surface area contributed by atoms with Gasteiger partial charge in [0.2, 0.25) is 10.0 Å². The number of sulfonamides is 1. The summed E-state index contributed by atoms with van der Waals surface area (Å²) < 4.78 is 30.7. The Morgan fingerprint density at radius 3 is 2.36 bits per heavy atom. The van der Waals surface area contributed by atoms with E-state index in [1.165, 1.54) is 11.8 Å². The van der Waals surface area contributed by atoms with E-state index in [0.29, 0.717) is 23.7 Å². The number of aryl methyl sites for hydroxylation is 3. The van der Waals surface area contributed by atoms with Gasteiger partial charge in [-0.2, -0.15) is 14.5 Å². The molecule has 1 fully saturated rings. The standard InChI is InChI=1S/C16H26N6O2S/c1-5-21-12-15(13(2)18-21)11-20-6-8-22(9-7-20)25(23,24)16-10-17-19(4)14(16)3/h10,12H,5-9,11H2,1-4H3. The van der Waals surface area contributed by atoms with Gasteiger partial charge < -0.3 is 0 Å². The molecule has 0 radical (unpaired) electrons. The van der Waals surface area contributed by atoms with E-state index in [-0.39, 0.29) is 0 Å². The summed E-state index contributed by atoms with van der Waals surface area (Å²) in [6, 6.07) is 0. The van der Waals surface area contributed by atoms with Crippen molar-refractivity contribution in [3.05, 3.63) is 29.3 Å². The predicted octanol–water partition coefficient (Wildman–Crippen LogP) is 0.760. The monoisotopic (exact) mass is 366 g/mol. The highest BCUT2D eigenvalue weighted by Gasteiger charge is 2.31. The van der Waals surface area contributed by atoms with Crippen LogP contribution in [0.2, 0.25) is 0 Å². The summed E-state index contributed by atoms with van der Waals surface area (Å²) in [7, 11) is -1.71. The van der Waals surface area contributed by atoms with Crippen LogP contribution in [0, 0.1) is 13.8 Å². The van der Waals surface area contributed by atoms with E-state index in [9.17, 15) is 8.42 Å². The van der Waals surface area contributed by atoms with Crippen molar-refractivity contribution in [2.45, 2.75) is 38.8 Å². The SMILES string of the molecule is CCn1cc(CN2CCN(S(=O)(=O)c3cnn(C)c3C)CC2)c(C)n1. The topological polar surface area (TPSA) is 76.3 Å². The Morgan fingerprint density at radius 1 is 1.16 bits per heavy atom. The third kappa shape index (κ3) is 3.49. The molecule has 3 rings (SSSR count). The van der Waals surface area contributed by atoms with Gasteiger partial charge in [0.05, 0.1) is 17.6 Å². The highest BCUT2D eigenvalue weighted by atomic mass is 32.2. The molecule has 1 aliphatic heterocycles. The average Bonchev–Trinajstić information content (AvgIpc) is 3.11. The van der Waals surface area contributed by atoms with Gasteiger partial charge in [0.1, 0.15) is 4.90 Å². The van der Waals surface area contributed by atoms with Gasteiger partial charge >= 0.3 is 0 Å². The van der Waals surface area contributed by atoms with Crippen LogP contribution in [0.4, 0.5) is 0 Å². The van der Waals surface area contributed by atoms with Crippen molar-refractivity contribution in [3.63, 3.8) is 0 Å². The Balaban J connectivity index is 1.65. The number of nitrogens with zero attached hydrogens (tertiary/aromatic N) is 6. The molecule has 0 spiro atoms.